The molecule has 0 fully saturated rings. The number of hydrogen-bond acceptors (Lipinski definition) is 3. The molecule has 1 amide bonds. The number of benzene rings is 1. The van der Waals surface area contributed by atoms with Gasteiger partial charge in [-0.3, -0.25) is 9.00 Å². The fourth-order valence-electron chi connectivity index (χ4n) is 0.964. The van der Waals surface area contributed by atoms with Crippen LogP contribution in [0.25, 0.3) is 0 Å². The molecule has 4 N–H and O–H groups in total. The van der Waals surface area contributed by atoms with Crippen molar-refractivity contribution in [3.8, 4) is 0 Å². The average Bonchev–Trinajstić information content (AvgIpc) is 2.18. The number of nitrogens with two attached hydrogens (primary N) is 2. The number of halogens is 1. The second kappa shape index (κ2) is 5.39. The summed E-state index contributed by atoms with van der Waals surface area (Å²) in [6, 6.07) is 6.21. The van der Waals surface area contributed by atoms with Gasteiger partial charge in [-0.15, -0.1) is 0 Å². The minimum atomic E-state index is -1.32. The highest BCUT2D eigenvalue weighted by Crippen LogP contribution is 2.19. The Morgan fingerprint density at radius 1 is 1.47 bits per heavy atom. The van der Waals surface area contributed by atoms with Crippen LogP contribution in [0, 0.1) is 0 Å². The zero-order valence-electron chi connectivity index (χ0n) is 7.85. The van der Waals surface area contributed by atoms with Gasteiger partial charge in [0, 0.05) is 4.47 Å². The molecule has 0 saturated carbocycles. The standard InChI is InChI=1S/C9H11BrN2O2S/c10-6-3-1-2-4-8(6)15(14)5-7(11)9(12)13/h1-4,7H,5,11H2,(H2,12,13). The summed E-state index contributed by atoms with van der Waals surface area (Å²) in [4.78, 5) is 11.3. The number of carbonyl (C=O) groups is 1. The minimum absolute atomic E-state index is 0.0396. The van der Waals surface area contributed by atoms with Gasteiger partial charge < -0.3 is 11.5 Å². The van der Waals surface area contributed by atoms with Crippen LogP contribution in [0.1, 0.15) is 0 Å². The summed E-state index contributed by atoms with van der Waals surface area (Å²) in [6.07, 6.45) is 0. The van der Waals surface area contributed by atoms with Crippen molar-refractivity contribution in [1.82, 2.24) is 0 Å². The van der Waals surface area contributed by atoms with Crippen LogP contribution in [-0.2, 0) is 15.6 Å². The highest BCUT2D eigenvalue weighted by atomic mass is 79.9. The fourth-order valence-corrected chi connectivity index (χ4v) is 2.98. The zero-order chi connectivity index (χ0) is 11.4. The summed E-state index contributed by atoms with van der Waals surface area (Å²) in [5, 5.41) is 0. The van der Waals surface area contributed by atoms with Gasteiger partial charge in [0.25, 0.3) is 0 Å². The van der Waals surface area contributed by atoms with E-state index in [0.717, 1.165) is 4.47 Å². The average molecular weight is 291 g/mol. The van der Waals surface area contributed by atoms with Gasteiger partial charge in [-0.2, -0.15) is 0 Å². The number of hydrogen-bond donors (Lipinski definition) is 2. The van der Waals surface area contributed by atoms with Crippen LogP contribution in [0.2, 0.25) is 0 Å². The van der Waals surface area contributed by atoms with E-state index in [1.165, 1.54) is 0 Å². The summed E-state index contributed by atoms with van der Waals surface area (Å²) in [5.41, 5.74) is 10.4. The summed E-state index contributed by atoms with van der Waals surface area (Å²) in [5.74, 6) is -0.604. The first-order valence-corrected chi connectivity index (χ1v) is 6.31. The Morgan fingerprint density at radius 3 is 2.60 bits per heavy atom. The molecule has 4 nitrogen and oxygen atoms in total. The van der Waals surface area contributed by atoms with Crippen molar-refractivity contribution in [2.24, 2.45) is 11.5 Å². The summed E-state index contributed by atoms with van der Waals surface area (Å²) < 4.78 is 12.5. The molecule has 0 bridgehead atoms. The van der Waals surface area contributed by atoms with Crippen molar-refractivity contribution in [2.75, 3.05) is 5.75 Å². The number of primary amides is 1. The Labute approximate surface area is 98.6 Å². The molecule has 0 aliphatic heterocycles. The fraction of sp³-hybridized carbons (Fsp3) is 0.222. The van der Waals surface area contributed by atoms with Crippen molar-refractivity contribution in [2.45, 2.75) is 10.9 Å². The molecule has 0 heterocycles. The van der Waals surface area contributed by atoms with Crippen LogP contribution in [0.15, 0.2) is 33.6 Å². The maximum Gasteiger partial charge on any atom is 0.235 e. The number of carbonyl (C=O) groups excluding carboxylic acids is 1. The van der Waals surface area contributed by atoms with Crippen LogP contribution in [0.4, 0.5) is 0 Å². The van der Waals surface area contributed by atoms with Crippen LogP contribution >= 0.6 is 15.9 Å². The summed E-state index contributed by atoms with van der Waals surface area (Å²) in [7, 11) is -1.32. The quantitative estimate of drug-likeness (QED) is 0.840. The second-order valence-corrected chi connectivity index (χ2v) is 5.27. The Morgan fingerprint density at radius 2 is 2.07 bits per heavy atom. The Kier molecular flexibility index (Phi) is 4.44. The highest BCUT2D eigenvalue weighted by molar-refractivity contribution is 9.10. The minimum Gasteiger partial charge on any atom is -0.368 e. The Hall–Kier alpha value is -0.720. The van der Waals surface area contributed by atoms with Gasteiger partial charge in [0.15, 0.2) is 0 Å². The van der Waals surface area contributed by atoms with Gasteiger partial charge in [-0.25, -0.2) is 0 Å². The molecule has 82 valence electrons. The molecular formula is C9H11BrN2O2S. The normalized spacial score (nSPS) is 14.5. The predicted octanol–water partition coefficient (Wildman–Crippen LogP) is 0.369. The molecule has 1 aromatic carbocycles. The van der Waals surface area contributed by atoms with E-state index in [2.05, 4.69) is 15.9 Å². The molecule has 2 unspecified atom stereocenters. The molecule has 0 aromatic heterocycles. The SMILES string of the molecule is NC(=O)C(N)CS(=O)c1ccccc1Br. The molecule has 0 aliphatic carbocycles. The maximum atomic E-state index is 11.8. The Bertz CT molecular complexity index is 397. The van der Waals surface area contributed by atoms with Crippen molar-refractivity contribution >= 4 is 32.6 Å². The third-order valence-corrected chi connectivity index (χ3v) is 4.24. The topological polar surface area (TPSA) is 86.2 Å². The molecule has 1 rings (SSSR count). The molecule has 0 saturated heterocycles. The lowest BCUT2D eigenvalue weighted by Gasteiger charge is -2.08. The largest absolute Gasteiger partial charge is 0.368 e. The molecule has 15 heavy (non-hydrogen) atoms. The third kappa shape index (κ3) is 3.40. The second-order valence-electron chi connectivity index (χ2n) is 2.95. The van der Waals surface area contributed by atoms with E-state index in [4.69, 9.17) is 11.5 Å². The van der Waals surface area contributed by atoms with Gasteiger partial charge in [-0.05, 0) is 28.1 Å². The van der Waals surface area contributed by atoms with Gasteiger partial charge >= 0.3 is 0 Å². The van der Waals surface area contributed by atoms with Gasteiger partial charge in [0.05, 0.1) is 27.5 Å². The summed E-state index contributed by atoms with van der Waals surface area (Å²) >= 11 is 3.27. The lowest BCUT2D eigenvalue weighted by atomic mass is 10.3. The number of amides is 1. The van der Waals surface area contributed by atoms with E-state index in [1.807, 2.05) is 6.07 Å². The first-order chi connectivity index (χ1) is 7.02. The molecule has 6 heteroatoms. The Balaban J connectivity index is 2.78. The molecule has 0 radical (unpaired) electrons. The first kappa shape index (κ1) is 12.4. The molecule has 0 aliphatic rings. The number of rotatable bonds is 4. The van der Waals surface area contributed by atoms with Crippen LogP contribution in [0.3, 0.4) is 0 Å². The van der Waals surface area contributed by atoms with Gasteiger partial charge in [0.1, 0.15) is 0 Å². The van der Waals surface area contributed by atoms with Gasteiger partial charge in [0.2, 0.25) is 5.91 Å². The molecule has 2 atom stereocenters. The van der Waals surface area contributed by atoms with E-state index in [1.54, 1.807) is 18.2 Å². The van der Waals surface area contributed by atoms with E-state index in [-0.39, 0.29) is 5.75 Å². The van der Waals surface area contributed by atoms with Crippen molar-refractivity contribution < 1.29 is 9.00 Å². The van der Waals surface area contributed by atoms with E-state index in [9.17, 15) is 9.00 Å². The maximum absolute atomic E-state index is 11.8. The smallest absolute Gasteiger partial charge is 0.235 e. The van der Waals surface area contributed by atoms with Crippen molar-refractivity contribution in [3.05, 3.63) is 28.7 Å². The van der Waals surface area contributed by atoms with Crippen molar-refractivity contribution in [1.29, 1.82) is 0 Å². The lowest BCUT2D eigenvalue weighted by Crippen LogP contribution is -2.40. The highest BCUT2D eigenvalue weighted by Gasteiger charge is 2.16. The van der Waals surface area contributed by atoms with Crippen molar-refractivity contribution in [3.63, 3.8) is 0 Å². The van der Waals surface area contributed by atoms with Crippen LogP contribution in [0.5, 0.6) is 0 Å². The first-order valence-electron chi connectivity index (χ1n) is 4.20. The molecular weight excluding hydrogens is 280 g/mol. The predicted molar refractivity (Wildman–Crippen MR) is 62.6 cm³/mol. The van der Waals surface area contributed by atoms with Crippen LogP contribution in [-0.4, -0.2) is 21.9 Å². The zero-order valence-corrected chi connectivity index (χ0v) is 10.3. The monoisotopic (exact) mass is 290 g/mol. The van der Waals surface area contributed by atoms with E-state index in [0.29, 0.717) is 4.90 Å². The lowest BCUT2D eigenvalue weighted by molar-refractivity contribution is -0.118. The third-order valence-electron chi connectivity index (χ3n) is 1.78. The van der Waals surface area contributed by atoms with E-state index >= 15 is 0 Å². The molecule has 1 aromatic rings. The van der Waals surface area contributed by atoms with Gasteiger partial charge in [-0.1, -0.05) is 12.1 Å². The molecule has 0 spiro atoms. The summed E-state index contributed by atoms with van der Waals surface area (Å²) in [6.45, 7) is 0. The van der Waals surface area contributed by atoms with Crippen LogP contribution < -0.4 is 11.5 Å². The van der Waals surface area contributed by atoms with E-state index < -0.39 is 22.7 Å².